The van der Waals surface area contributed by atoms with E-state index >= 15 is 0 Å². The molecule has 17 heavy (non-hydrogen) atoms. The molecule has 0 amide bonds. The normalized spacial score (nSPS) is 12.1. The van der Waals surface area contributed by atoms with Gasteiger partial charge in [0.2, 0.25) is 0 Å². The standard InChI is InChI=1S/C12H13N5/c1-9-3-2-4-10(5-9)11(6-13)17-8-15-12(7-14)16-17/h2-5,8,11H,6,13H2,1H3. The minimum Gasteiger partial charge on any atom is -0.328 e. The highest BCUT2D eigenvalue weighted by Gasteiger charge is 2.13. The molecule has 1 heterocycles. The van der Waals surface area contributed by atoms with Crippen molar-refractivity contribution in [3.63, 3.8) is 0 Å². The lowest BCUT2D eigenvalue weighted by atomic mass is 10.1. The van der Waals surface area contributed by atoms with Gasteiger partial charge in [-0.25, -0.2) is 9.67 Å². The molecule has 0 aliphatic carbocycles. The van der Waals surface area contributed by atoms with E-state index in [-0.39, 0.29) is 11.9 Å². The fraction of sp³-hybridized carbons (Fsp3) is 0.250. The van der Waals surface area contributed by atoms with Gasteiger partial charge in [-0.3, -0.25) is 0 Å². The number of hydrogen-bond acceptors (Lipinski definition) is 4. The van der Waals surface area contributed by atoms with Crippen LogP contribution in [0.2, 0.25) is 0 Å². The number of benzene rings is 1. The summed E-state index contributed by atoms with van der Waals surface area (Å²) in [5.41, 5.74) is 8.01. The van der Waals surface area contributed by atoms with Crippen LogP contribution in [0.1, 0.15) is 23.0 Å². The van der Waals surface area contributed by atoms with Gasteiger partial charge in [0.05, 0.1) is 6.04 Å². The van der Waals surface area contributed by atoms with Crippen LogP contribution in [0.25, 0.3) is 0 Å². The van der Waals surface area contributed by atoms with Crippen LogP contribution < -0.4 is 5.73 Å². The Hall–Kier alpha value is -2.19. The lowest BCUT2D eigenvalue weighted by molar-refractivity contribution is 0.529. The minimum absolute atomic E-state index is 0.0792. The second kappa shape index (κ2) is 4.76. The third-order valence-electron chi connectivity index (χ3n) is 2.58. The molecule has 0 saturated carbocycles. The Kier molecular flexibility index (Phi) is 3.17. The van der Waals surface area contributed by atoms with Crippen LogP contribution >= 0.6 is 0 Å². The summed E-state index contributed by atoms with van der Waals surface area (Å²) in [5, 5.41) is 12.8. The van der Waals surface area contributed by atoms with E-state index in [0.717, 1.165) is 5.56 Å². The molecule has 0 radical (unpaired) electrons. The van der Waals surface area contributed by atoms with E-state index in [0.29, 0.717) is 6.54 Å². The van der Waals surface area contributed by atoms with Crippen LogP contribution in [0, 0.1) is 18.3 Å². The second-order valence-corrected chi connectivity index (χ2v) is 3.83. The van der Waals surface area contributed by atoms with E-state index in [1.165, 1.54) is 5.56 Å². The molecular weight excluding hydrogens is 214 g/mol. The Bertz CT molecular complexity index is 552. The molecule has 0 fully saturated rings. The van der Waals surface area contributed by atoms with Gasteiger partial charge in [0.25, 0.3) is 5.82 Å². The lowest BCUT2D eigenvalue weighted by Gasteiger charge is -2.15. The van der Waals surface area contributed by atoms with Crippen LogP contribution in [-0.2, 0) is 0 Å². The van der Waals surface area contributed by atoms with Crippen molar-refractivity contribution in [2.45, 2.75) is 13.0 Å². The molecule has 1 atom stereocenters. The van der Waals surface area contributed by atoms with Crippen LogP contribution in [0.4, 0.5) is 0 Å². The summed E-state index contributed by atoms with van der Waals surface area (Å²) in [6.07, 6.45) is 1.54. The summed E-state index contributed by atoms with van der Waals surface area (Å²) in [6.45, 7) is 2.44. The first-order valence-corrected chi connectivity index (χ1v) is 5.32. The van der Waals surface area contributed by atoms with Crippen molar-refractivity contribution in [3.05, 3.63) is 47.5 Å². The van der Waals surface area contributed by atoms with E-state index in [2.05, 4.69) is 16.1 Å². The summed E-state index contributed by atoms with van der Waals surface area (Å²) in [6, 6.07) is 9.89. The molecule has 1 aromatic carbocycles. The van der Waals surface area contributed by atoms with Crippen LogP contribution in [0.15, 0.2) is 30.6 Å². The molecule has 0 saturated heterocycles. The molecule has 5 nitrogen and oxygen atoms in total. The quantitative estimate of drug-likeness (QED) is 0.848. The van der Waals surface area contributed by atoms with E-state index < -0.39 is 0 Å². The third kappa shape index (κ3) is 2.32. The largest absolute Gasteiger partial charge is 0.328 e. The Morgan fingerprint density at radius 1 is 1.53 bits per heavy atom. The number of nitrogens with zero attached hydrogens (tertiary/aromatic N) is 4. The molecule has 0 spiro atoms. The summed E-state index contributed by atoms with van der Waals surface area (Å²) in [4.78, 5) is 3.89. The van der Waals surface area contributed by atoms with Crippen molar-refractivity contribution in [3.8, 4) is 6.07 Å². The Morgan fingerprint density at radius 2 is 2.35 bits per heavy atom. The Morgan fingerprint density at radius 3 is 2.94 bits per heavy atom. The van der Waals surface area contributed by atoms with Crippen molar-refractivity contribution < 1.29 is 0 Å². The highest BCUT2D eigenvalue weighted by atomic mass is 15.3. The maximum atomic E-state index is 8.70. The molecule has 0 bridgehead atoms. The van der Waals surface area contributed by atoms with Crippen LogP contribution in [0.3, 0.4) is 0 Å². The van der Waals surface area contributed by atoms with Crippen molar-refractivity contribution in [2.24, 2.45) is 5.73 Å². The van der Waals surface area contributed by atoms with Crippen molar-refractivity contribution in [1.82, 2.24) is 14.8 Å². The predicted molar refractivity (Wildman–Crippen MR) is 63.1 cm³/mol. The van der Waals surface area contributed by atoms with Crippen molar-refractivity contribution in [1.29, 1.82) is 5.26 Å². The molecule has 0 aliphatic rings. The number of aromatic nitrogens is 3. The lowest BCUT2D eigenvalue weighted by Crippen LogP contribution is -2.21. The molecular formula is C12H13N5. The molecule has 2 rings (SSSR count). The number of nitrogens with two attached hydrogens (primary N) is 1. The highest BCUT2D eigenvalue weighted by Crippen LogP contribution is 2.17. The van der Waals surface area contributed by atoms with Crippen LogP contribution in [0.5, 0.6) is 0 Å². The third-order valence-corrected chi connectivity index (χ3v) is 2.58. The average molecular weight is 227 g/mol. The first-order valence-electron chi connectivity index (χ1n) is 5.32. The van der Waals surface area contributed by atoms with Gasteiger partial charge in [0.15, 0.2) is 0 Å². The summed E-state index contributed by atoms with van der Waals surface area (Å²) >= 11 is 0. The highest BCUT2D eigenvalue weighted by molar-refractivity contribution is 5.26. The first-order chi connectivity index (χ1) is 8.24. The number of hydrogen-bond donors (Lipinski definition) is 1. The van der Waals surface area contributed by atoms with E-state index in [4.69, 9.17) is 11.0 Å². The van der Waals surface area contributed by atoms with Gasteiger partial charge < -0.3 is 5.73 Å². The smallest absolute Gasteiger partial charge is 0.252 e. The molecule has 1 aromatic heterocycles. The molecule has 1 unspecified atom stereocenters. The fourth-order valence-electron chi connectivity index (χ4n) is 1.75. The SMILES string of the molecule is Cc1cccc(C(CN)n2cnc(C#N)n2)c1. The zero-order valence-electron chi connectivity index (χ0n) is 9.54. The van der Waals surface area contributed by atoms with Crippen LogP contribution in [-0.4, -0.2) is 21.3 Å². The van der Waals surface area contributed by atoms with E-state index in [1.807, 2.05) is 31.2 Å². The number of nitriles is 1. The molecule has 5 heteroatoms. The maximum absolute atomic E-state index is 8.70. The van der Waals surface area contributed by atoms with Gasteiger partial charge in [-0.1, -0.05) is 29.8 Å². The Balaban J connectivity index is 2.37. The molecule has 2 N–H and O–H groups in total. The van der Waals surface area contributed by atoms with Gasteiger partial charge in [-0.2, -0.15) is 5.26 Å². The molecule has 0 aliphatic heterocycles. The summed E-state index contributed by atoms with van der Waals surface area (Å²) < 4.78 is 1.63. The summed E-state index contributed by atoms with van der Waals surface area (Å²) in [7, 11) is 0. The van der Waals surface area contributed by atoms with Gasteiger partial charge in [0.1, 0.15) is 12.4 Å². The van der Waals surface area contributed by atoms with Gasteiger partial charge in [0, 0.05) is 6.54 Å². The second-order valence-electron chi connectivity index (χ2n) is 3.83. The average Bonchev–Trinajstić information content (AvgIpc) is 2.79. The Labute approximate surface area is 99.5 Å². The zero-order valence-corrected chi connectivity index (χ0v) is 9.54. The predicted octanol–water partition coefficient (Wildman–Crippen LogP) is 1.01. The van der Waals surface area contributed by atoms with Crippen molar-refractivity contribution >= 4 is 0 Å². The van der Waals surface area contributed by atoms with Crippen molar-refractivity contribution in [2.75, 3.05) is 6.54 Å². The van der Waals surface area contributed by atoms with E-state index in [1.54, 1.807) is 11.0 Å². The van der Waals surface area contributed by atoms with Gasteiger partial charge in [-0.05, 0) is 12.5 Å². The maximum Gasteiger partial charge on any atom is 0.252 e. The van der Waals surface area contributed by atoms with E-state index in [9.17, 15) is 0 Å². The zero-order chi connectivity index (χ0) is 12.3. The molecule has 86 valence electrons. The fourth-order valence-corrected chi connectivity index (χ4v) is 1.75. The number of rotatable bonds is 3. The topological polar surface area (TPSA) is 80.5 Å². The minimum atomic E-state index is -0.0792. The van der Waals surface area contributed by atoms with Gasteiger partial charge >= 0.3 is 0 Å². The monoisotopic (exact) mass is 227 g/mol. The molecule has 2 aromatic rings. The number of aryl methyl sites for hydroxylation is 1. The first kappa shape index (κ1) is 11.3. The van der Waals surface area contributed by atoms with Gasteiger partial charge in [-0.15, -0.1) is 5.10 Å². The summed E-state index contributed by atoms with van der Waals surface area (Å²) in [5.74, 6) is 0.163.